The van der Waals surface area contributed by atoms with Crippen LogP contribution in [0.2, 0.25) is 0 Å². The molecule has 0 heterocycles. The minimum atomic E-state index is -0.478. The monoisotopic (exact) mass is 388 g/mol. The Kier molecular flexibility index (Phi) is 7.04. The third-order valence-corrected chi connectivity index (χ3v) is 4.99. The molecule has 3 aromatic rings. The molecule has 4 heteroatoms. The zero-order valence-electron chi connectivity index (χ0n) is 17.2. The Morgan fingerprint density at radius 2 is 1.66 bits per heavy atom. The van der Waals surface area contributed by atoms with Gasteiger partial charge in [-0.15, -0.1) is 0 Å². The molecule has 2 N–H and O–H groups in total. The van der Waals surface area contributed by atoms with E-state index in [4.69, 9.17) is 4.74 Å². The Morgan fingerprint density at radius 3 is 2.31 bits per heavy atom. The second-order valence-corrected chi connectivity index (χ2v) is 7.10. The highest BCUT2D eigenvalue weighted by atomic mass is 16.5. The predicted octanol–water partition coefficient (Wildman–Crippen LogP) is 5.42. The van der Waals surface area contributed by atoms with Gasteiger partial charge in [0.1, 0.15) is 11.8 Å². The molecule has 0 aliphatic carbocycles. The minimum absolute atomic E-state index is 0.0665. The lowest BCUT2D eigenvalue weighted by Crippen LogP contribution is -2.35. The molecule has 0 unspecified atom stereocenters. The molecule has 29 heavy (non-hydrogen) atoms. The summed E-state index contributed by atoms with van der Waals surface area (Å²) >= 11 is 0. The number of anilines is 1. The van der Waals surface area contributed by atoms with Crippen LogP contribution < -0.4 is 15.4 Å². The van der Waals surface area contributed by atoms with Gasteiger partial charge in [-0.3, -0.25) is 10.1 Å². The van der Waals surface area contributed by atoms with E-state index in [-0.39, 0.29) is 11.9 Å². The van der Waals surface area contributed by atoms with E-state index in [0.29, 0.717) is 11.4 Å². The first-order chi connectivity index (χ1) is 14.1. The molecule has 0 radical (unpaired) electrons. The van der Waals surface area contributed by atoms with E-state index < -0.39 is 6.04 Å². The maximum atomic E-state index is 13.2. The summed E-state index contributed by atoms with van der Waals surface area (Å²) in [5.74, 6) is 0.605. The number of methoxy groups -OCH3 is 1. The van der Waals surface area contributed by atoms with Crippen LogP contribution in [0.3, 0.4) is 0 Å². The lowest BCUT2D eigenvalue weighted by molar-refractivity contribution is -0.118. The molecule has 0 saturated carbocycles. The van der Waals surface area contributed by atoms with Crippen molar-refractivity contribution >= 4 is 11.6 Å². The van der Waals surface area contributed by atoms with Crippen molar-refractivity contribution in [3.63, 3.8) is 0 Å². The number of ether oxygens (including phenoxy) is 1. The molecule has 0 aliphatic heterocycles. The van der Waals surface area contributed by atoms with Crippen LogP contribution in [0.25, 0.3) is 0 Å². The standard InChI is InChI=1S/C25H28N2O2/c1-4-23(19-15-13-18(2)14-16-19)27-24(20-9-6-5-7-10-20)25(28)26-21-11-8-12-22(17-21)29-3/h5-17,23-24,27H,4H2,1-3H3,(H,26,28)/t23-,24+/m0/s1. The van der Waals surface area contributed by atoms with Crippen molar-refractivity contribution in [2.24, 2.45) is 0 Å². The fraction of sp³-hybridized carbons (Fsp3) is 0.240. The van der Waals surface area contributed by atoms with Crippen LogP contribution in [0.5, 0.6) is 5.75 Å². The number of benzene rings is 3. The van der Waals surface area contributed by atoms with Gasteiger partial charge in [0.25, 0.3) is 0 Å². The van der Waals surface area contributed by atoms with Gasteiger partial charge < -0.3 is 10.1 Å². The quantitative estimate of drug-likeness (QED) is 0.541. The largest absolute Gasteiger partial charge is 0.497 e. The van der Waals surface area contributed by atoms with Gasteiger partial charge in [-0.05, 0) is 36.6 Å². The zero-order valence-corrected chi connectivity index (χ0v) is 17.2. The molecule has 2 atom stereocenters. The number of carbonyl (C=O) groups is 1. The van der Waals surface area contributed by atoms with Gasteiger partial charge in [0.05, 0.1) is 7.11 Å². The van der Waals surface area contributed by atoms with Crippen LogP contribution in [0, 0.1) is 6.92 Å². The highest BCUT2D eigenvalue weighted by molar-refractivity contribution is 5.95. The summed E-state index contributed by atoms with van der Waals surface area (Å²) in [5.41, 5.74) is 4.03. The van der Waals surface area contributed by atoms with E-state index in [0.717, 1.165) is 12.0 Å². The van der Waals surface area contributed by atoms with Gasteiger partial charge in [0.2, 0.25) is 5.91 Å². The predicted molar refractivity (Wildman–Crippen MR) is 118 cm³/mol. The second-order valence-electron chi connectivity index (χ2n) is 7.10. The average Bonchev–Trinajstić information content (AvgIpc) is 2.76. The maximum absolute atomic E-state index is 13.2. The molecular formula is C25H28N2O2. The van der Waals surface area contributed by atoms with Gasteiger partial charge in [0, 0.05) is 17.8 Å². The third-order valence-electron chi connectivity index (χ3n) is 4.99. The van der Waals surface area contributed by atoms with Crippen molar-refractivity contribution in [1.82, 2.24) is 5.32 Å². The van der Waals surface area contributed by atoms with Crippen LogP contribution in [-0.2, 0) is 4.79 Å². The summed E-state index contributed by atoms with van der Waals surface area (Å²) in [6.07, 6.45) is 0.874. The summed E-state index contributed by atoms with van der Waals surface area (Å²) < 4.78 is 5.26. The normalized spacial score (nSPS) is 12.8. The summed E-state index contributed by atoms with van der Waals surface area (Å²) in [5, 5.41) is 6.58. The fourth-order valence-corrected chi connectivity index (χ4v) is 3.33. The fourth-order valence-electron chi connectivity index (χ4n) is 3.33. The Morgan fingerprint density at radius 1 is 0.931 bits per heavy atom. The molecule has 0 saturated heterocycles. The molecule has 3 aromatic carbocycles. The molecule has 0 aromatic heterocycles. The van der Waals surface area contributed by atoms with E-state index in [9.17, 15) is 4.79 Å². The van der Waals surface area contributed by atoms with E-state index in [2.05, 4.69) is 48.7 Å². The van der Waals surface area contributed by atoms with Crippen LogP contribution in [0.1, 0.15) is 42.1 Å². The molecule has 0 fully saturated rings. The van der Waals surface area contributed by atoms with Crippen LogP contribution >= 0.6 is 0 Å². The van der Waals surface area contributed by atoms with E-state index in [1.165, 1.54) is 11.1 Å². The average molecular weight is 389 g/mol. The first-order valence-corrected chi connectivity index (χ1v) is 9.93. The summed E-state index contributed by atoms with van der Waals surface area (Å²) in [6, 6.07) is 25.3. The highest BCUT2D eigenvalue weighted by Crippen LogP contribution is 2.25. The van der Waals surface area contributed by atoms with E-state index in [1.807, 2.05) is 54.6 Å². The van der Waals surface area contributed by atoms with Gasteiger partial charge in [-0.25, -0.2) is 0 Å². The molecule has 3 rings (SSSR count). The highest BCUT2D eigenvalue weighted by Gasteiger charge is 2.24. The Labute approximate surface area is 172 Å². The number of hydrogen-bond acceptors (Lipinski definition) is 3. The minimum Gasteiger partial charge on any atom is -0.497 e. The topological polar surface area (TPSA) is 50.4 Å². The molecule has 1 amide bonds. The van der Waals surface area contributed by atoms with Crippen molar-refractivity contribution in [3.05, 3.63) is 95.6 Å². The summed E-state index contributed by atoms with van der Waals surface area (Å²) in [7, 11) is 1.61. The smallest absolute Gasteiger partial charge is 0.246 e. The number of carbonyl (C=O) groups excluding carboxylic acids is 1. The molecule has 0 spiro atoms. The lowest BCUT2D eigenvalue weighted by Gasteiger charge is -2.25. The van der Waals surface area contributed by atoms with Gasteiger partial charge in [0.15, 0.2) is 0 Å². The Balaban J connectivity index is 1.85. The van der Waals surface area contributed by atoms with Gasteiger partial charge in [-0.2, -0.15) is 0 Å². The Hall–Kier alpha value is -3.11. The maximum Gasteiger partial charge on any atom is 0.246 e. The second kappa shape index (κ2) is 9.89. The van der Waals surface area contributed by atoms with Crippen molar-refractivity contribution in [3.8, 4) is 5.75 Å². The molecular weight excluding hydrogens is 360 g/mol. The molecule has 0 bridgehead atoms. The van der Waals surface area contributed by atoms with Gasteiger partial charge in [-0.1, -0.05) is 73.2 Å². The van der Waals surface area contributed by atoms with E-state index in [1.54, 1.807) is 7.11 Å². The Bertz CT molecular complexity index is 923. The molecule has 150 valence electrons. The third kappa shape index (κ3) is 5.46. The summed E-state index contributed by atoms with van der Waals surface area (Å²) in [6.45, 7) is 4.20. The number of nitrogens with one attached hydrogen (secondary N) is 2. The number of hydrogen-bond donors (Lipinski definition) is 2. The van der Waals surface area contributed by atoms with Crippen molar-refractivity contribution in [2.45, 2.75) is 32.4 Å². The summed E-state index contributed by atoms with van der Waals surface area (Å²) in [4.78, 5) is 13.2. The van der Waals surface area contributed by atoms with Crippen molar-refractivity contribution in [1.29, 1.82) is 0 Å². The number of rotatable bonds is 8. The number of aryl methyl sites for hydroxylation is 1. The first-order valence-electron chi connectivity index (χ1n) is 9.93. The molecule has 4 nitrogen and oxygen atoms in total. The SMILES string of the molecule is CC[C@H](N[C@@H](C(=O)Nc1cccc(OC)c1)c1ccccc1)c1ccc(C)cc1. The van der Waals surface area contributed by atoms with Crippen LogP contribution in [0.4, 0.5) is 5.69 Å². The van der Waals surface area contributed by atoms with Crippen molar-refractivity contribution < 1.29 is 9.53 Å². The lowest BCUT2D eigenvalue weighted by atomic mass is 9.99. The molecule has 0 aliphatic rings. The van der Waals surface area contributed by atoms with Gasteiger partial charge >= 0.3 is 0 Å². The van der Waals surface area contributed by atoms with Crippen LogP contribution in [-0.4, -0.2) is 13.0 Å². The zero-order chi connectivity index (χ0) is 20.6. The van der Waals surface area contributed by atoms with E-state index >= 15 is 0 Å². The van der Waals surface area contributed by atoms with Crippen molar-refractivity contribution in [2.75, 3.05) is 12.4 Å². The van der Waals surface area contributed by atoms with Crippen LogP contribution in [0.15, 0.2) is 78.9 Å². The number of amides is 1. The first kappa shape index (κ1) is 20.6.